The van der Waals surface area contributed by atoms with E-state index in [9.17, 15) is 9.90 Å². The molecule has 0 aliphatic rings. The van der Waals surface area contributed by atoms with E-state index in [0.29, 0.717) is 6.42 Å². The summed E-state index contributed by atoms with van der Waals surface area (Å²) in [5, 5.41) is 9.33. The van der Waals surface area contributed by atoms with E-state index in [1.54, 1.807) is 0 Å². The Morgan fingerprint density at radius 2 is 1.39 bits per heavy atom. The van der Waals surface area contributed by atoms with Gasteiger partial charge in [0.15, 0.2) is 0 Å². The van der Waals surface area contributed by atoms with Crippen molar-refractivity contribution in [2.75, 3.05) is 0 Å². The normalized spacial score (nSPS) is 13.5. The summed E-state index contributed by atoms with van der Waals surface area (Å²) in [6, 6.07) is 0. The van der Waals surface area contributed by atoms with E-state index < -0.39 is 11.4 Å². The van der Waals surface area contributed by atoms with Crippen molar-refractivity contribution in [2.24, 2.45) is 17.1 Å². The van der Waals surface area contributed by atoms with E-state index >= 15 is 0 Å². The van der Waals surface area contributed by atoms with E-state index in [4.69, 9.17) is 5.73 Å². The third kappa shape index (κ3) is 11.5. The number of nitrogens with two attached hydrogens (primary N) is 1. The molecule has 0 aliphatic heterocycles. The Morgan fingerprint density at radius 3 is 1.78 bits per heavy atom. The molecule has 0 radical (unpaired) electrons. The van der Waals surface area contributed by atoms with Gasteiger partial charge >= 0.3 is 5.97 Å². The first kappa shape index (κ1) is 24.6. The Bertz CT molecular complexity index is 308. The van der Waals surface area contributed by atoms with Gasteiger partial charge in [0.1, 0.15) is 0 Å². The van der Waals surface area contributed by atoms with Crippen molar-refractivity contribution in [2.45, 2.75) is 104 Å². The molecule has 5 N–H and O–H groups in total. The van der Waals surface area contributed by atoms with Crippen molar-refractivity contribution in [3.63, 3.8) is 0 Å². The molecular weight excluding hydrogens is 290 g/mol. The van der Waals surface area contributed by atoms with Gasteiger partial charge in [0, 0.05) is 5.54 Å². The number of carboxylic acids is 1. The van der Waals surface area contributed by atoms with Crippen LogP contribution in [-0.4, -0.2) is 22.1 Å². The van der Waals surface area contributed by atoms with E-state index in [-0.39, 0.29) is 16.9 Å². The summed E-state index contributed by atoms with van der Waals surface area (Å²) in [5.41, 5.74) is 5.29. The summed E-state index contributed by atoms with van der Waals surface area (Å²) in [7, 11) is 0. The second-order valence-corrected chi connectivity index (χ2v) is 8.17. The maximum absolute atomic E-state index is 11.3. The van der Waals surface area contributed by atoms with Crippen LogP contribution in [0, 0.1) is 11.3 Å². The van der Waals surface area contributed by atoms with Gasteiger partial charge in [0.25, 0.3) is 0 Å². The lowest BCUT2D eigenvalue weighted by Crippen LogP contribution is -2.44. The van der Waals surface area contributed by atoms with Gasteiger partial charge in [-0.05, 0) is 46.5 Å². The molecule has 1 atom stereocenters. The number of carboxylic acid groups (broad SMARTS) is 1. The quantitative estimate of drug-likeness (QED) is 0.485. The minimum Gasteiger partial charge on any atom is -0.481 e. The van der Waals surface area contributed by atoms with E-state index in [0.717, 1.165) is 12.8 Å². The first-order valence-corrected chi connectivity index (χ1v) is 9.13. The number of hydrogen-bond acceptors (Lipinski definition) is 2. The van der Waals surface area contributed by atoms with Crippen LogP contribution in [0.25, 0.3) is 0 Å². The molecule has 0 saturated carbocycles. The summed E-state index contributed by atoms with van der Waals surface area (Å²) in [4.78, 5) is 11.3. The predicted octanol–water partition coefficient (Wildman–Crippen LogP) is 4.55. The third-order valence-corrected chi connectivity index (χ3v) is 4.79. The molecule has 0 bridgehead atoms. The van der Waals surface area contributed by atoms with Crippen LogP contribution in [0.1, 0.15) is 98.8 Å². The minimum atomic E-state index is -0.724. The molecule has 0 aliphatic carbocycles. The third-order valence-electron chi connectivity index (χ3n) is 4.79. The molecule has 0 spiro atoms. The topological polar surface area (TPSA) is 94.8 Å². The summed E-state index contributed by atoms with van der Waals surface area (Å²) in [6.45, 7) is 9.91. The Balaban J connectivity index is 0. The molecule has 0 aromatic carbocycles. The molecule has 0 saturated heterocycles. The minimum absolute atomic E-state index is 0. The molecule has 0 rings (SSSR count). The molecule has 140 valence electrons. The van der Waals surface area contributed by atoms with Crippen molar-refractivity contribution in [1.82, 2.24) is 0 Å². The van der Waals surface area contributed by atoms with Crippen molar-refractivity contribution in [1.29, 1.82) is 0 Å². The maximum atomic E-state index is 11.3. The summed E-state index contributed by atoms with van der Waals surface area (Å²) in [6.07, 6.45) is 12.1. The lowest BCUT2D eigenvalue weighted by atomic mass is 9.73. The fourth-order valence-corrected chi connectivity index (χ4v) is 2.97. The van der Waals surface area contributed by atoms with Crippen LogP contribution < -0.4 is 5.73 Å². The fourth-order valence-electron chi connectivity index (χ4n) is 2.97. The van der Waals surface area contributed by atoms with E-state index in [2.05, 4.69) is 6.92 Å². The summed E-state index contributed by atoms with van der Waals surface area (Å²) in [5.74, 6) is -0.462. The van der Waals surface area contributed by atoms with Crippen molar-refractivity contribution in [3.05, 3.63) is 0 Å². The van der Waals surface area contributed by atoms with Crippen LogP contribution in [0.5, 0.6) is 0 Å². The maximum Gasteiger partial charge on any atom is 0.309 e. The summed E-state index contributed by atoms with van der Waals surface area (Å²) >= 11 is 0. The molecule has 23 heavy (non-hydrogen) atoms. The highest BCUT2D eigenvalue weighted by Gasteiger charge is 2.35. The molecule has 4 nitrogen and oxygen atoms in total. The van der Waals surface area contributed by atoms with Gasteiger partial charge in [0.2, 0.25) is 0 Å². The highest BCUT2D eigenvalue weighted by molar-refractivity contribution is 5.73. The molecule has 0 fully saturated rings. The highest BCUT2D eigenvalue weighted by Crippen LogP contribution is 2.34. The molecule has 0 aromatic rings. The van der Waals surface area contributed by atoms with Gasteiger partial charge in [-0.2, -0.15) is 0 Å². The van der Waals surface area contributed by atoms with Gasteiger partial charge in [-0.1, -0.05) is 58.3 Å². The Kier molecular flexibility index (Phi) is 12.7. The number of carbonyl (C=O) groups is 1. The fraction of sp³-hybridized carbons (Fsp3) is 0.947. The van der Waals surface area contributed by atoms with Crippen LogP contribution in [-0.2, 0) is 4.79 Å². The SMILES string of the molecule is CCCCCCCCCCC(CC(C)(C)C(=O)O)C(C)(C)N.O. The smallest absolute Gasteiger partial charge is 0.309 e. The Hall–Kier alpha value is -0.610. The molecule has 1 unspecified atom stereocenters. The first-order chi connectivity index (χ1) is 10.1. The van der Waals surface area contributed by atoms with Crippen molar-refractivity contribution >= 4 is 5.97 Å². The Morgan fingerprint density at radius 1 is 0.957 bits per heavy atom. The number of hydrogen-bond donors (Lipinski definition) is 2. The van der Waals surface area contributed by atoms with Gasteiger partial charge in [-0.3, -0.25) is 4.79 Å². The average Bonchev–Trinajstić information content (AvgIpc) is 2.39. The van der Waals surface area contributed by atoms with E-state index in [1.807, 2.05) is 27.7 Å². The van der Waals surface area contributed by atoms with Crippen LogP contribution in [0.2, 0.25) is 0 Å². The van der Waals surface area contributed by atoms with Crippen molar-refractivity contribution < 1.29 is 15.4 Å². The van der Waals surface area contributed by atoms with Crippen LogP contribution in [0.4, 0.5) is 0 Å². The second kappa shape index (κ2) is 11.9. The summed E-state index contributed by atoms with van der Waals surface area (Å²) < 4.78 is 0. The standard InChI is InChI=1S/C19H39NO2.H2O/c1-6-7-8-9-10-11-12-13-14-16(19(4,5)20)15-18(2,3)17(21)22;/h16H,6-15,20H2,1-5H3,(H,21,22);1H2. The predicted molar refractivity (Wildman–Crippen MR) is 98.6 cm³/mol. The zero-order valence-electron chi connectivity index (χ0n) is 16.1. The van der Waals surface area contributed by atoms with Gasteiger partial charge in [-0.25, -0.2) is 0 Å². The first-order valence-electron chi connectivity index (χ1n) is 9.13. The van der Waals surface area contributed by atoms with Crippen molar-refractivity contribution in [3.8, 4) is 0 Å². The van der Waals surface area contributed by atoms with Gasteiger partial charge < -0.3 is 16.3 Å². The molecule has 0 aromatic heterocycles. The largest absolute Gasteiger partial charge is 0.481 e. The van der Waals surface area contributed by atoms with E-state index in [1.165, 1.54) is 44.9 Å². The molecular formula is C19H41NO3. The van der Waals surface area contributed by atoms with Crippen LogP contribution in [0.15, 0.2) is 0 Å². The van der Waals surface area contributed by atoms with Gasteiger partial charge in [-0.15, -0.1) is 0 Å². The second-order valence-electron chi connectivity index (χ2n) is 8.17. The lowest BCUT2D eigenvalue weighted by Gasteiger charge is -2.35. The zero-order valence-corrected chi connectivity index (χ0v) is 16.1. The average molecular weight is 332 g/mol. The Labute approximate surface area is 143 Å². The van der Waals surface area contributed by atoms with Crippen LogP contribution >= 0.6 is 0 Å². The number of unbranched alkanes of at least 4 members (excludes halogenated alkanes) is 7. The van der Waals surface area contributed by atoms with Crippen LogP contribution in [0.3, 0.4) is 0 Å². The number of aliphatic carboxylic acids is 1. The molecule has 4 heteroatoms. The monoisotopic (exact) mass is 331 g/mol. The zero-order chi connectivity index (χ0) is 17.2. The highest BCUT2D eigenvalue weighted by atomic mass is 16.4. The number of rotatable bonds is 13. The van der Waals surface area contributed by atoms with Gasteiger partial charge in [0.05, 0.1) is 5.41 Å². The lowest BCUT2D eigenvalue weighted by molar-refractivity contribution is -0.148. The molecule has 0 amide bonds. The molecule has 0 heterocycles.